The van der Waals surface area contributed by atoms with Crippen LogP contribution in [-0.4, -0.2) is 23.6 Å². The molecule has 0 spiro atoms. The molecule has 1 aromatic heterocycles. The van der Waals surface area contributed by atoms with Crippen molar-refractivity contribution in [3.05, 3.63) is 41.6 Å². The van der Waals surface area contributed by atoms with Gasteiger partial charge in [0.25, 0.3) is 0 Å². The molecule has 3 rings (SSSR count). The van der Waals surface area contributed by atoms with Crippen molar-refractivity contribution < 1.29 is 0 Å². The van der Waals surface area contributed by atoms with Crippen LogP contribution in [-0.2, 0) is 0 Å². The molecule has 1 saturated carbocycles. The predicted octanol–water partition coefficient (Wildman–Crippen LogP) is 3.89. The standard InChI is InChI=1S/C16H18ClN3/c1-11-8-13(11)10-20(2)15-9-14(17)18-16(19-15)12-6-4-3-5-7-12/h3-7,9,11,13H,8,10H2,1-2H3. The lowest BCUT2D eigenvalue weighted by molar-refractivity contribution is 0.719. The molecule has 0 amide bonds. The number of benzene rings is 1. The summed E-state index contributed by atoms with van der Waals surface area (Å²) in [5, 5.41) is 0.490. The second-order valence-corrected chi connectivity index (χ2v) is 5.98. The Hall–Kier alpha value is -1.61. The molecule has 4 heteroatoms. The molecule has 3 nitrogen and oxygen atoms in total. The predicted molar refractivity (Wildman–Crippen MR) is 83.0 cm³/mol. The van der Waals surface area contributed by atoms with Crippen LogP contribution in [0.5, 0.6) is 0 Å². The van der Waals surface area contributed by atoms with Gasteiger partial charge >= 0.3 is 0 Å². The normalized spacial score (nSPS) is 20.8. The Morgan fingerprint density at radius 3 is 2.60 bits per heavy atom. The Balaban J connectivity index is 1.86. The summed E-state index contributed by atoms with van der Waals surface area (Å²) in [5.74, 6) is 3.20. The molecule has 2 atom stereocenters. The number of aromatic nitrogens is 2. The molecule has 0 radical (unpaired) electrons. The Kier molecular flexibility index (Phi) is 3.62. The van der Waals surface area contributed by atoms with Crippen LogP contribution in [0.15, 0.2) is 36.4 Å². The van der Waals surface area contributed by atoms with E-state index in [-0.39, 0.29) is 0 Å². The summed E-state index contributed by atoms with van der Waals surface area (Å²) >= 11 is 6.15. The van der Waals surface area contributed by atoms with Crippen LogP contribution in [0.3, 0.4) is 0 Å². The molecule has 0 N–H and O–H groups in total. The highest BCUT2D eigenvalue weighted by atomic mass is 35.5. The summed E-state index contributed by atoms with van der Waals surface area (Å²) in [6.07, 6.45) is 1.31. The van der Waals surface area contributed by atoms with E-state index < -0.39 is 0 Å². The zero-order valence-corrected chi connectivity index (χ0v) is 12.5. The minimum atomic E-state index is 0.490. The zero-order chi connectivity index (χ0) is 14.1. The third-order valence-electron chi connectivity index (χ3n) is 3.89. The van der Waals surface area contributed by atoms with Gasteiger partial charge < -0.3 is 4.90 Å². The maximum absolute atomic E-state index is 6.15. The van der Waals surface area contributed by atoms with E-state index in [1.807, 2.05) is 36.4 Å². The topological polar surface area (TPSA) is 29.0 Å². The fraction of sp³-hybridized carbons (Fsp3) is 0.375. The van der Waals surface area contributed by atoms with Gasteiger partial charge in [0.15, 0.2) is 5.82 Å². The van der Waals surface area contributed by atoms with E-state index in [9.17, 15) is 0 Å². The highest BCUT2D eigenvalue weighted by Crippen LogP contribution is 2.38. The van der Waals surface area contributed by atoms with Crippen LogP contribution in [0.2, 0.25) is 5.15 Å². The van der Waals surface area contributed by atoms with Crippen molar-refractivity contribution in [2.75, 3.05) is 18.5 Å². The molecular weight excluding hydrogens is 270 g/mol. The van der Waals surface area contributed by atoms with Crippen LogP contribution in [0.25, 0.3) is 11.4 Å². The highest BCUT2D eigenvalue weighted by Gasteiger charge is 2.33. The average molecular weight is 288 g/mol. The summed E-state index contributed by atoms with van der Waals surface area (Å²) in [5.41, 5.74) is 0.990. The molecule has 1 heterocycles. The largest absolute Gasteiger partial charge is 0.359 e. The molecule has 0 saturated heterocycles. The van der Waals surface area contributed by atoms with Gasteiger partial charge in [0.1, 0.15) is 11.0 Å². The van der Waals surface area contributed by atoms with Gasteiger partial charge in [-0.2, -0.15) is 0 Å². The first-order valence-electron chi connectivity index (χ1n) is 6.94. The van der Waals surface area contributed by atoms with Crippen molar-refractivity contribution in [1.82, 2.24) is 9.97 Å². The van der Waals surface area contributed by atoms with Gasteiger partial charge in [0.05, 0.1) is 0 Å². The smallest absolute Gasteiger partial charge is 0.163 e. The molecule has 20 heavy (non-hydrogen) atoms. The lowest BCUT2D eigenvalue weighted by Gasteiger charge is -2.18. The number of anilines is 1. The van der Waals surface area contributed by atoms with Crippen LogP contribution in [0.4, 0.5) is 5.82 Å². The quantitative estimate of drug-likeness (QED) is 0.799. The number of halogens is 1. The lowest BCUT2D eigenvalue weighted by atomic mass is 10.2. The maximum Gasteiger partial charge on any atom is 0.163 e. The summed E-state index contributed by atoms with van der Waals surface area (Å²) in [4.78, 5) is 11.1. The first kappa shape index (κ1) is 13.4. The van der Waals surface area contributed by atoms with Crippen LogP contribution < -0.4 is 4.90 Å². The lowest BCUT2D eigenvalue weighted by Crippen LogP contribution is -2.22. The minimum absolute atomic E-state index is 0.490. The number of hydrogen-bond acceptors (Lipinski definition) is 3. The molecule has 1 aliphatic carbocycles. The minimum Gasteiger partial charge on any atom is -0.359 e. The molecule has 1 aliphatic rings. The number of hydrogen-bond donors (Lipinski definition) is 0. The number of nitrogens with zero attached hydrogens (tertiary/aromatic N) is 3. The first-order valence-corrected chi connectivity index (χ1v) is 7.32. The second kappa shape index (κ2) is 5.41. The molecule has 0 aliphatic heterocycles. The van der Waals surface area contributed by atoms with E-state index in [0.29, 0.717) is 11.0 Å². The Morgan fingerprint density at radius 2 is 1.95 bits per heavy atom. The summed E-state index contributed by atoms with van der Waals surface area (Å²) in [6.45, 7) is 3.32. The average Bonchev–Trinajstić information content (AvgIpc) is 3.14. The summed E-state index contributed by atoms with van der Waals surface area (Å²) in [7, 11) is 2.07. The van der Waals surface area contributed by atoms with Crippen molar-refractivity contribution in [3.63, 3.8) is 0 Å². The van der Waals surface area contributed by atoms with Crippen molar-refractivity contribution in [1.29, 1.82) is 0 Å². The Labute approximate surface area is 124 Å². The van der Waals surface area contributed by atoms with E-state index in [4.69, 9.17) is 11.6 Å². The third kappa shape index (κ3) is 2.93. The van der Waals surface area contributed by atoms with Gasteiger partial charge in [-0.3, -0.25) is 0 Å². The van der Waals surface area contributed by atoms with E-state index in [0.717, 1.165) is 29.8 Å². The van der Waals surface area contributed by atoms with E-state index in [1.165, 1.54) is 6.42 Å². The highest BCUT2D eigenvalue weighted by molar-refractivity contribution is 6.29. The van der Waals surface area contributed by atoms with Gasteiger partial charge in [0, 0.05) is 25.2 Å². The van der Waals surface area contributed by atoms with Gasteiger partial charge in [-0.1, -0.05) is 48.9 Å². The molecule has 0 bridgehead atoms. The Bertz CT molecular complexity index is 600. The molecule has 2 unspecified atom stereocenters. The monoisotopic (exact) mass is 287 g/mol. The fourth-order valence-electron chi connectivity index (χ4n) is 2.42. The fourth-order valence-corrected chi connectivity index (χ4v) is 2.59. The van der Waals surface area contributed by atoms with Gasteiger partial charge in [-0.15, -0.1) is 0 Å². The van der Waals surface area contributed by atoms with Crippen LogP contribution in [0, 0.1) is 11.8 Å². The zero-order valence-electron chi connectivity index (χ0n) is 11.8. The van der Waals surface area contributed by atoms with E-state index in [2.05, 4.69) is 28.8 Å². The maximum atomic E-state index is 6.15. The van der Waals surface area contributed by atoms with Crippen molar-refractivity contribution in [2.24, 2.45) is 11.8 Å². The summed E-state index contributed by atoms with van der Waals surface area (Å²) < 4.78 is 0. The molecule has 104 valence electrons. The SMILES string of the molecule is CC1CC1CN(C)c1cc(Cl)nc(-c2ccccc2)n1. The van der Waals surface area contributed by atoms with Gasteiger partial charge in [0.2, 0.25) is 0 Å². The van der Waals surface area contributed by atoms with E-state index >= 15 is 0 Å². The second-order valence-electron chi connectivity index (χ2n) is 5.59. The van der Waals surface area contributed by atoms with Crippen LogP contribution >= 0.6 is 11.6 Å². The first-order chi connectivity index (χ1) is 9.63. The molecule has 1 aromatic carbocycles. The molecule has 2 aromatic rings. The number of rotatable bonds is 4. The third-order valence-corrected chi connectivity index (χ3v) is 4.08. The van der Waals surface area contributed by atoms with Crippen molar-refractivity contribution in [3.8, 4) is 11.4 Å². The van der Waals surface area contributed by atoms with Crippen molar-refractivity contribution >= 4 is 17.4 Å². The van der Waals surface area contributed by atoms with E-state index in [1.54, 1.807) is 0 Å². The Morgan fingerprint density at radius 1 is 1.25 bits per heavy atom. The molecule has 1 fully saturated rings. The van der Waals surface area contributed by atoms with Crippen LogP contribution in [0.1, 0.15) is 13.3 Å². The summed E-state index contributed by atoms with van der Waals surface area (Å²) in [6, 6.07) is 11.8. The van der Waals surface area contributed by atoms with Crippen molar-refractivity contribution in [2.45, 2.75) is 13.3 Å². The van der Waals surface area contributed by atoms with Gasteiger partial charge in [-0.25, -0.2) is 9.97 Å². The molecular formula is C16H18ClN3. The van der Waals surface area contributed by atoms with Gasteiger partial charge in [-0.05, 0) is 18.3 Å².